The van der Waals surface area contributed by atoms with Gasteiger partial charge >= 0.3 is 0 Å². The van der Waals surface area contributed by atoms with Crippen LogP contribution in [0.15, 0.2) is 18.3 Å². The fraction of sp³-hybridized carbons (Fsp3) is 0.500. The van der Waals surface area contributed by atoms with Crippen molar-refractivity contribution in [2.24, 2.45) is 5.73 Å². The average molecular weight is 180 g/mol. The maximum absolute atomic E-state index is 8.78. The lowest BCUT2D eigenvalue weighted by molar-refractivity contribution is 0.277. The molecule has 0 bridgehead atoms. The van der Waals surface area contributed by atoms with E-state index in [1.807, 2.05) is 12.1 Å². The Morgan fingerprint density at radius 3 is 2.77 bits per heavy atom. The van der Waals surface area contributed by atoms with Crippen LogP contribution in [0, 0.1) is 0 Å². The van der Waals surface area contributed by atoms with Gasteiger partial charge in [0.1, 0.15) is 0 Å². The molecule has 1 atom stereocenters. The second-order valence-electron chi connectivity index (χ2n) is 3.14. The Kier molecular flexibility index (Phi) is 3.86. The largest absolute Gasteiger partial charge is 0.390 e. The first kappa shape index (κ1) is 10.2. The predicted molar refractivity (Wildman–Crippen MR) is 52.0 cm³/mol. The number of aromatic nitrogens is 1. The summed E-state index contributed by atoms with van der Waals surface area (Å²) in [6.07, 6.45) is 3.79. The van der Waals surface area contributed by atoms with E-state index in [1.165, 1.54) is 0 Å². The molecule has 1 aromatic heterocycles. The molecule has 0 fully saturated rings. The van der Waals surface area contributed by atoms with E-state index in [0.29, 0.717) is 5.69 Å². The van der Waals surface area contributed by atoms with E-state index >= 15 is 0 Å². The van der Waals surface area contributed by atoms with Gasteiger partial charge in [0.15, 0.2) is 0 Å². The average Bonchev–Trinajstić information content (AvgIpc) is 2.18. The third-order valence-electron chi connectivity index (χ3n) is 2.04. The highest BCUT2D eigenvalue weighted by atomic mass is 16.3. The van der Waals surface area contributed by atoms with Gasteiger partial charge in [-0.15, -0.1) is 0 Å². The molecule has 1 unspecified atom stereocenters. The summed E-state index contributed by atoms with van der Waals surface area (Å²) >= 11 is 0. The first-order valence-electron chi connectivity index (χ1n) is 4.59. The van der Waals surface area contributed by atoms with Gasteiger partial charge in [-0.1, -0.05) is 19.4 Å². The molecule has 13 heavy (non-hydrogen) atoms. The molecule has 0 aliphatic carbocycles. The third kappa shape index (κ3) is 2.79. The zero-order valence-electron chi connectivity index (χ0n) is 7.90. The van der Waals surface area contributed by atoms with Crippen LogP contribution in [0.3, 0.4) is 0 Å². The maximum atomic E-state index is 8.78. The molecule has 0 saturated heterocycles. The number of nitrogens with two attached hydrogens (primary N) is 1. The number of hydrogen-bond donors (Lipinski definition) is 2. The summed E-state index contributed by atoms with van der Waals surface area (Å²) in [6, 6.07) is 3.81. The molecule has 0 spiro atoms. The second-order valence-corrected chi connectivity index (χ2v) is 3.14. The number of hydrogen-bond acceptors (Lipinski definition) is 3. The van der Waals surface area contributed by atoms with Crippen LogP contribution in [0.4, 0.5) is 0 Å². The van der Waals surface area contributed by atoms with Gasteiger partial charge in [0, 0.05) is 12.2 Å². The van der Waals surface area contributed by atoms with Crippen molar-refractivity contribution in [3.8, 4) is 0 Å². The quantitative estimate of drug-likeness (QED) is 0.735. The van der Waals surface area contributed by atoms with Crippen LogP contribution >= 0.6 is 0 Å². The molecule has 0 aromatic carbocycles. The molecule has 3 nitrogen and oxygen atoms in total. The number of aliphatic hydroxyl groups excluding tert-OH is 1. The van der Waals surface area contributed by atoms with Gasteiger partial charge in [-0.2, -0.15) is 0 Å². The molecule has 0 radical (unpaired) electrons. The number of aliphatic hydroxyl groups is 1. The highest BCUT2D eigenvalue weighted by Gasteiger charge is 2.04. The van der Waals surface area contributed by atoms with Gasteiger partial charge in [0.2, 0.25) is 0 Å². The Balaban J connectivity index is 2.67. The first-order chi connectivity index (χ1) is 6.27. The summed E-state index contributed by atoms with van der Waals surface area (Å²) in [5.74, 6) is 0. The van der Waals surface area contributed by atoms with Crippen LogP contribution in [-0.2, 0) is 6.61 Å². The molecule has 72 valence electrons. The van der Waals surface area contributed by atoms with Crippen LogP contribution in [-0.4, -0.2) is 10.1 Å². The zero-order chi connectivity index (χ0) is 9.68. The van der Waals surface area contributed by atoms with Gasteiger partial charge in [-0.25, -0.2) is 0 Å². The molecule has 0 aliphatic rings. The Hall–Kier alpha value is -0.930. The standard InChI is InChI=1S/C10H16N2O/c1-2-3-10(11)8-4-5-9(7-13)12-6-8/h4-6,10,13H,2-3,7,11H2,1H3. The van der Waals surface area contributed by atoms with Crippen LogP contribution < -0.4 is 5.73 Å². The predicted octanol–water partition coefficient (Wildman–Crippen LogP) is 1.37. The SMILES string of the molecule is CCCC(N)c1ccc(CO)nc1. The molecule has 3 heteroatoms. The lowest BCUT2D eigenvalue weighted by Gasteiger charge is -2.09. The molecule has 1 rings (SSSR count). The monoisotopic (exact) mass is 180 g/mol. The third-order valence-corrected chi connectivity index (χ3v) is 2.04. The number of pyridine rings is 1. The topological polar surface area (TPSA) is 59.1 Å². The van der Waals surface area contributed by atoms with Crippen molar-refractivity contribution >= 4 is 0 Å². The van der Waals surface area contributed by atoms with Crippen molar-refractivity contribution in [1.82, 2.24) is 4.98 Å². The maximum Gasteiger partial charge on any atom is 0.0852 e. The first-order valence-corrected chi connectivity index (χ1v) is 4.59. The normalized spacial score (nSPS) is 12.8. The smallest absolute Gasteiger partial charge is 0.0852 e. The van der Waals surface area contributed by atoms with Crippen LogP contribution in [0.5, 0.6) is 0 Å². The van der Waals surface area contributed by atoms with E-state index in [9.17, 15) is 0 Å². The van der Waals surface area contributed by atoms with Crippen molar-refractivity contribution in [2.75, 3.05) is 0 Å². The molecule has 1 aromatic rings. The molecule has 3 N–H and O–H groups in total. The van der Waals surface area contributed by atoms with E-state index in [0.717, 1.165) is 18.4 Å². The van der Waals surface area contributed by atoms with Crippen molar-refractivity contribution in [3.05, 3.63) is 29.6 Å². The Bertz CT molecular complexity index is 246. The minimum atomic E-state index is -0.0106. The van der Waals surface area contributed by atoms with E-state index in [4.69, 9.17) is 10.8 Å². The summed E-state index contributed by atoms with van der Waals surface area (Å²) in [5, 5.41) is 8.78. The minimum absolute atomic E-state index is 0.0106. The van der Waals surface area contributed by atoms with E-state index in [1.54, 1.807) is 6.20 Å². The zero-order valence-corrected chi connectivity index (χ0v) is 7.90. The number of rotatable bonds is 4. The van der Waals surface area contributed by atoms with Crippen molar-refractivity contribution in [3.63, 3.8) is 0 Å². The Labute approximate surface area is 78.6 Å². The second kappa shape index (κ2) is 4.94. The fourth-order valence-electron chi connectivity index (χ4n) is 1.23. The van der Waals surface area contributed by atoms with E-state index in [-0.39, 0.29) is 12.6 Å². The molecular formula is C10H16N2O. The summed E-state index contributed by atoms with van der Waals surface area (Å²) in [4.78, 5) is 4.07. The Morgan fingerprint density at radius 2 is 2.31 bits per heavy atom. The summed E-state index contributed by atoms with van der Waals surface area (Å²) in [7, 11) is 0. The molecule has 0 aliphatic heterocycles. The van der Waals surface area contributed by atoms with Crippen LogP contribution in [0.1, 0.15) is 37.1 Å². The van der Waals surface area contributed by atoms with E-state index in [2.05, 4.69) is 11.9 Å². The molecule has 0 amide bonds. The van der Waals surface area contributed by atoms with Crippen LogP contribution in [0.25, 0.3) is 0 Å². The van der Waals surface area contributed by atoms with Crippen LogP contribution in [0.2, 0.25) is 0 Å². The summed E-state index contributed by atoms with van der Waals surface area (Å²) in [5.41, 5.74) is 7.62. The van der Waals surface area contributed by atoms with Crippen molar-refractivity contribution < 1.29 is 5.11 Å². The van der Waals surface area contributed by atoms with Gasteiger partial charge < -0.3 is 10.8 Å². The summed E-state index contributed by atoms with van der Waals surface area (Å²) < 4.78 is 0. The highest BCUT2D eigenvalue weighted by Crippen LogP contribution is 2.14. The van der Waals surface area contributed by atoms with Gasteiger partial charge in [-0.3, -0.25) is 4.98 Å². The highest BCUT2D eigenvalue weighted by molar-refractivity contribution is 5.16. The van der Waals surface area contributed by atoms with Gasteiger partial charge in [0.05, 0.1) is 12.3 Å². The lowest BCUT2D eigenvalue weighted by Crippen LogP contribution is -2.10. The molecule has 0 saturated carbocycles. The van der Waals surface area contributed by atoms with E-state index < -0.39 is 0 Å². The molecule has 1 heterocycles. The van der Waals surface area contributed by atoms with Gasteiger partial charge in [-0.05, 0) is 18.1 Å². The minimum Gasteiger partial charge on any atom is -0.390 e. The summed E-state index contributed by atoms with van der Waals surface area (Å²) in [6.45, 7) is 2.10. The van der Waals surface area contributed by atoms with Crippen molar-refractivity contribution in [1.29, 1.82) is 0 Å². The van der Waals surface area contributed by atoms with Gasteiger partial charge in [0.25, 0.3) is 0 Å². The van der Waals surface area contributed by atoms with Crippen molar-refractivity contribution in [2.45, 2.75) is 32.4 Å². The Morgan fingerprint density at radius 1 is 1.54 bits per heavy atom. The number of nitrogens with zero attached hydrogens (tertiary/aromatic N) is 1. The lowest BCUT2D eigenvalue weighted by atomic mass is 10.1. The fourth-order valence-corrected chi connectivity index (χ4v) is 1.23. The molecular weight excluding hydrogens is 164 g/mol.